The lowest BCUT2D eigenvalue weighted by atomic mass is 10.1. The average Bonchev–Trinajstić information content (AvgIpc) is 2.45. The zero-order valence-electron chi connectivity index (χ0n) is 12.4. The number of carbonyl (C=O) groups excluding carboxylic acids is 1. The molecule has 0 aromatic carbocycles. The molecule has 0 bridgehead atoms. The molecule has 0 aliphatic carbocycles. The maximum atomic E-state index is 12.0. The van der Waals surface area contributed by atoms with Crippen LogP contribution in [0.1, 0.15) is 36.8 Å². The molecular formula is C15H19N5O. The van der Waals surface area contributed by atoms with E-state index in [0.717, 1.165) is 5.56 Å². The van der Waals surface area contributed by atoms with Crippen LogP contribution in [0.25, 0.3) is 0 Å². The predicted molar refractivity (Wildman–Crippen MR) is 80.8 cm³/mol. The molecule has 0 aliphatic heterocycles. The number of nitrogens with one attached hydrogen (secondary N) is 2. The molecule has 0 unspecified atom stereocenters. The second-order valence-corrected chi connectivity index (χ2v) is 5.70. The van der Waals surface area contributed by atoms with E-state index in [1.165, 1.54) is 6.33 Å². The van der Waals surface area contributed by atoms with Crippen molar-refractivity contribution < 1.29 is 4.79 Å². The zero-order valence-corrected chi connectivity index (χ0v) is 12.4. The Bertz CT molecular complexity index is 607. The third-order valence-corrected chi connectivity index (χ3v) is 2.61. The van der Waals surface area contributed by atoms with E-state index in [0.29, 0.717) is 18.1 Å². The number of hydrogen-bond donors (Lipinski definition) is 2. The third-order valence-electron chi connectivity index (χ3n) is 2.61. The number of amides is 1. The van der Waals surface area contributed by atoms with Crippen LogP contribution in [0.2, 0.25) is 0 Å². The molecule has 0 fully saturated rings. The van der Waals surface area contributed by atoms with Gasteiger partial charge in [0.15, 0.2) is 0 Å². The Morgan fingerprint density at radius 2 is 1.90 bits per heavy atom. The van der Waals surface area contributed by atoms with Crippen molar-refractivity contribution in [1.29, 1.82) is 0 Å². The summed E-state index contributed by atoms with van der Waals surface area (Å²) in [6, 6.07) is 5.48. The lowest BCUT2D eigenvalue weighted by molar-refractivity contribution is 0.0914. The minimum Gasteiger partial charge on any atom is -0.366 e. The van der Waals surface area contributed by atoms with Crippen LogP contribution in [-0.4, -0.2) is 26.4 Å². The van der Waals surface area contributed by atoms with Crippen LogP contribution < -0.4 is 10.6 Å². The molecule has 2 N–H and O–H groups in total. The summed E-state index contributed by atoms with van der Waals surface area (Å²) in [6.07, 6.45) is 4.85. The first-order valence-corrected chi connectivity index (χ1v) is 6.71. The first-order chi connectivity index (χ1) is 9.94. The van der Waals surface area contributed by atoms with Gasteiger partial charge in [-0.3, -0.25) is 9.78 Å². The van der Waals surface area contributed by atoms with Gasteiger partial charge in [-0.15, -0.1) is 0 Å². The monoisotopic (exact) mass is 285 g/mol. The fraction of sp³-hybridized carbons (Fsp3) is 0.333. The lowest BCUT2D eigenvalue weighted by Crippen LogP contribution is -2.40. The van der Waals surface area contributed by atoms with E-state index < -0.39 is 0 Å². The minimum absolute atomic E-state index is 0.211. The number of nitrogens with zero attached hydrogens (tertiary/aromatic N) is 3. The largest absolute Gasteiger partial charge is 0.366 e. The zero-order chi connectivity index (χ0) is 15.3. The molecule has 2 heterocycles. The summed E-state index contributed by atoms with van der Waals surface area (Å²) < 4.78 is 0. The summed E-state index contributed by atoms with van der Waals surface area (Å²) in [5.41, 5.74) is 1.13. The van der Waals surface area contributed by atoms with Crippen molar-refractivity contribution >= 4 is 11.7 Å². The van der Waals surface area contributed by atoms with Crippen LogP contribution in [0.5, 0.6) is 0 Å². The fourth-order valence-corrected chi connectivity index (χ4v) is 1.68. The lowest BCUT2D eigenvalue weighted by Gasteiger charge is -2.20. The van der Waals surface area contributed by atoms with Gasteiger partial charge >= 0.3 is 0 Å². The Kier molecular flexibility index (Phi) is 4.47. The second kappa shape index (κ2) is 6.30. The van der Waals surface area contributed by atoms with E-state index in [-0.39, 0.29) is 11.4 Å². The molecule has 0 spiro atoms. The van der Waals surface area contributed by atoms with Crippen LogP contribution in [0.4, 0.5) is 5.82 Å². The van der Waals surface area contributed by atoms with Gasteiger partial charge in [-0.1, -0.05) is 0 Å². The molecule has 110 valence electrons. The molecule has 2 aromatic heterocycles. The standard InChI is InChI=1S/C15H19N5O/c1-15(2,3)20-14(21)12-8-13(19-10-18-12)17-9-11-4-6-16-7-5-11/h4-8,10H,9H2,1-3H3,(H,20,21)(H,17,18,19). The van der Waals surface area contributed by atoms with Crippen LogP contribution in [0, 0.1) is 0 Å². The maximum absolute atomic E-state index is 12.0. The first-order valence-electron chi connectivity index (χ1n) is 6.71. The van der Waals surface area contributed by atoms with E-state index in [4.69, 9.17) is 0 Å². The maximum Gasteiger partial charge on any atom is 0.270 e. The Morgan fingerprint density at radius 3 is 2.57 bits per heavy atom. The van der Waals surface area contributed by atoms with Crippen molar-refractivity contribution in [3.8, 4) is 0 Å². The molecule has 0 saturated heterocycles. The predicted octanol–water partition coefficient (Wildman–Crippen LogP) is 2.01. The molecule has 0 aliphatic rings. The average molecular weight is 285 g/mol. The van der Waals surface area contributed by atoms with Crippen LogP contribution in [0.3, 0.4) is 0 Å². The molecule has 21 heavy (non-hydrogen) atoms. The van der Waals surface area contributed by atoms with Crippen molar-refractivity contribution in [3.05, 3.63) is 48.2 Å². The summed E-state index contributed by atoms with van der Waals surface area (Å²) in [6.45, 7) is 6.39. The number of rotatable bonds is 4. The Labute approximate surface area is 124 Å². The summed E-state index contributed by atoms with van der Waals surface area (Å²) in [7, 11) is 0. The number of pyridine rings is 1. The number of carbonyl (C=O) groups is 1. The van der Waals surface area contributed by atoms with Crippen molar-refractivity contribution in [2.45, 2.75) is 32.9 Å². The summed E-state index contributed by atoms with van der Waals surface area (Å²) in [5, 5.41) is 6.03. The highest BCUT2D eigenvalue weighted by molar-refractivity contribution is 5.93. The van der Waals surface area contributed by atoms with Crippen molar-refractivity contribution in [3.63, 3.8) is 0 Å². The Hall–Kier alpha value is -2.50. The van der Waals surface area contributed by atoms with E-state index in [1.54, 1.807) is 18.5 Å². The SMILES string of the molecule is CC(C)(C)NC(=O)c1cc(NCc2ccncc2)ncn1. The van der Waals surface area contributed by atoms with Crippen LogP contribution >= 0.6 is 0 Å². The second-order valence-electron chi connectivity index (χ2n) is 5.70. The quantitative estimate of drug-likeness (QED) is 0.898. The topological polar surface area (TPSA) is 79.8 Å². The highest BCUT2D eigenvalue weighted by Gasteiger charge is 2.16. The first kappa shape index (κ1) is 14.9. The molecule has 1 amide bonds. The van der Waals surface area contributed by atoms with Gasteiger partial charge < -0.3 is 10.6 Å². The van der Waals surface area contributed by atoms with Gasteiger partial charge in [0.25, 0.3) is 5.91 Å². The van der Waals surface area contributed by atoms with Crippen LogP contribution in [0.15, 0.2) is 36.9 Å². The number of anilines is 1. The fourth-order valence-electron chi connectivity index (χ4n) is 1.68. The number of aromatic nitrogens is 3. The van der Waals surface area contributed by atoms with Gasteiger partial charge in [0.2, 0.25) is 0 Å². The number of hydrogen-bond acceptors (Lipinski definition) is 5. The highest BCUT2D eigenvalue weighted by Crippen LogP contribution is 2.08. The van der Waals surface area contributed by atoms with Gasteiger partial charge in [0.1, 0.15) is 17.8 Å². The van der Waals surface area contributed by atoms with E-state index in [9.17, 15) is 4.79 Å². The molecule has 2 aromatic rings. The summed E-state index contributed by atoms with van der Waals surface area (Å²) >= 11 is 0. The Balaban J connectivity index is 2.02. The summed E-state index contributed by atoms with van der Waals surface area (Å²) in [5.74, 6) is 0.401. The van der Waals surface area contributed by atoms with Gasteiger partial charge in [0.05, 0.1) is 0 Å². The van der Waals surface area contributed by atoms with Gasteiger partial charge in [-0.25, -0.2) is 9.97 Å². The molecule has 2 rings (SSSR count). The molecule has 6 nitrogen and oxygen atoms in total. The van der Waals surface area contributed by atoms with Gasteiger partial charge in [0, 0.05) is 30.5 Å². The molecule has 0 atom stereocenters. The molecule has 0 saturated carbocycles. The van der Waals surface area contributed by atoms with E-state index >= 15 is 0 Å². The summed E-state index contributed by atoms with van der Waals surface area (Å²) in [4.78, 5) is 24.1. The van der Waals surface area contributed by atoms with Crippen LogP contribution in [-0.2, 0) is 6.54 Å². The van der Waals surface area contributed by atoms with Crippen molar-refractivity contribution in [2.75, 3.05) is 5.32 Å². The Morgan fingerprint density at radius 1 is 1.19 bits per heavy atom. The molecule has 0 radical (unpaired) electrons. The third kappa shape index (κ3) is 4.83. The smallest absolute Gasteiger partial charge is 0.270 e. The van der Waals surface area contributed by atoms with Gasteiger partial charge in [-0.2, -0.15) is 0 Å². The van der Waals surface area contributed by atoms with E-state index in [2.05, 4.69) is 25.6 Å². The van der Waals surface area contributed by atoms with E-state index in [1.807, 2.05) is 32.9 Å². The molecule has 6 heteroatoms. The highest BCUT2D eigenvalue weighted by atomic mass is 16.2. The minimum atomic E-state index is -0.299. The van der Waals surface area contributed by atoms with Crippen molar-refractivity contribution in [1.82, 2.24) is 20.3 Å². The van der Waals surface area contributed by atoms with Crippen molar-refractivity contribution in [2.24, 2.45) is 0 Å². The normalized spacial score (nSPS) is 11.0. The molecular weight excluding hydrogens is 266 g/mol. The van der Waals surface area contributed by atoms with Gasteiger partial charge in [-0.05, 0) is 38.5 Å².